The maximum Gasteiger partial charge on any atom is 0.337 e. The molecule has 1 aliphatic rings. The van der Waals surface area contributed by atoms with E-state index >= 15 is 0 Å². The third-order valence-electron chi connectivity index (χ3n) is 3.77. The van der Waals surface area contributed by atoms with Crippen LogP contribution in [-0.4, -0.2) is 39.6 Å². The van der Waals surface area contributed by atoms with E-state index in [0.29, 0.717) is 17.3 Å². The lowest BCUT2D eigenvalue weighted by Gasteiger charge is -2.13. The number of thioether (sulfide) groups is 1. The van der Waals surface area contributed by atoms with Gasteiger partial charge in [0, 0.05) is 0 Å². The highest BCUT2D eigenvalue weighted by molar-refractivity contribution is 8.18. The largest absolute Gasteiger partial charge is 0.478 e. The van der Waals surface area contributed by atoms with Gasteiger partial charge in [0.25, 0.3) is 11.1 Å². The highest BCUT2D eigenvalue weighted by atomic mass is 32.2. The van der Waals surface area contributed by atoms with Crippen LogP contribution >= 0.6 is 11.8 Å². The molecular formula is C19H13FN2O5S. The van der Waals surface area contributed by atoms with Gasteiger partial charge in [0.15, 0.2) is 0 Å². The minimum Gasteiger partial charge on any atom is -0.478 e. The van der Waals surface area contributed by atoms with E-state index in [1.54, 1.807) is 6.07 Å². The maximum absolute atomic E-state index is 13.0. The molecule has 2 aromatic rings. The molecule has 142 valence electrons. The number of halogens is 1. The fourth-order valence-electron chi connectivity index (χ4n) is 2.46. The predicted octanol–water partition coefficient (Wildman–Crippen LogP) is 3.20. The molecule has 2 N–H and O–H groups in total. The summed E-state index contributed by atoms with van der Waals surface area (Å²) in [6.45, 7) is -0.556. The van der Waals surface area contributed by atoms with E-state index in [4.69, 9.17) is 5.11 Å². The first-order chi connectivity index (χ1) is 13.3. The molecule has 3 rings (SSSR count). The zero-order valence-electron chi connectivity index (χ0n) is 14.2. The molecule has 2 aromatic carbocycles. The van der Waals surface area contributed by atoms with Crippen LogP contribution < -0.4 is 5.32 Å². The number of hydrogen-bond donors (Lipinski definition) is 2. The summed E-state index contributed by atoms with van der Waals surface area (Å²) in [4.78, 5) is 48.8. The van der Waals surface area contributed by atoms with Crippen LogP contribution in [0.5, 0.6) is 0 Å². The molecule has 28 heavy (non-hydrogen) atoms. The van der Waals surface area contributed by atoms with Crippen LogP contribution in [0, 0.1) is 5.82 Å². The van der Waals surface area contributed by atoms with Crippen LogP contribution in [-0.2, 0) is 9.59 Å². The Morgan fingerprint density at radius 2 is 1.79 bits per heavy atom. The van der Waals surface area contributed by atoms with Crippen LogP contribution in [0.25, 0.3) is 6.08 Å². The molecule has 9 heteroatoms. The van der Waals surface area contributed by atoms with Crippen LogP contribution in [0.15, 0.2) is 53.4 Å². The van der Waals surface area contributed by atoms with Gasteiger partial charge in [-0.25, -0.2) is 9.18 Å². The van der Waals surface area contributed by atoms with Crippen molar-refractivity contribution in [3.63, 3.8) is 0 Å². The van der Waals surface area contributed by atoms with Gasteiger partial charge in [-0.2, -0.15) is 0 Å². The molecule has 0 spiro atoms. The average molecular weight is 400 g/mol. The first-order valence-electron chi connectivity index (χ1n) is 7.98. The van der Waals surface area contributed by atoms with E-state index in [2.05, 4.69) is 5.32 Å². The Morgan fingerprint density at radius 1 is 1.11 bits per heavy atom. The van der Waals surface area contributed by atoms with Crippen molar-refractivity contribution in [2.75, 3.05) is 11.9 Å². The molecule has 1 saturated heterocycles. The van der Waals surface area contributed by atoms with Gasteiger partial charge >= 0.3 is 5.97 Å². The predicted molar refractivity (Wildman–Crippen MR) is 101 cm³/mol. The van der Waals surface area contributed by atoms with E-state index in [9.17, 15) is 23.6 Å². The number of nitrogens with zero attached hydrogens (tertiary/aromatic N) is 1. The Bertz CT molecular complexity index is 1000. The summed E-state index contributed by atoms with van der Waals surface area (Å²) in [6.07, 6.45) is 1.43. The quantitative estimate of drug-likeness (QED) is 0.747. The minimum atomic E-state index is -1.22. The van der Waals surface area contributed by atoms with Gasteiger partial charge < -0.3 is 10.4 Å². The number of rotatable bonds is 5. The number of carbonyl (C=O) groups is 4. The lowest BCUT2D eigenvalue weighted by Crippen LogP contribution is -2.36. The van der Waals surface area contributed by atoms with Crippen molar-refractivity contribution in [3.8, 4) is 0 Å². The summed E-state index contributed by atoms with van der Waals surface area (Å²) in [5.41, 5.74) is 0.488. The molecule has 0 aliphatic carbocycles. The van der Waals surface area contributed by atoms with Gasteiger partial charge in [0.1, 0.15) is 12.4 Å². The van der Waals surface area contributed by atoms with Crippen molar-refractivity contribution in [2.45, 2.75) is 0 Å². The van der Waals surface area contributed by atoms with Gasteiger partial charge in [-0.05, 0) is 47.7 Å². The molecule has 1 heterocycles. The smallest absolute Gasteiger partial charge is 0.337 e. The number of carbonyl (C=O) groups excluding carboxylic acids is 3. The number of imide groups is 1. The zero-order chi connectivity index (χ0) is 20.3. The van der Waals surface area contributed by atoms with E-state index in [1.807, 2.05) is 0 Å². The third-order valence-corrected chi connectivity index (χ3v) is 4.68. The van der Waals surface area contributed by atoms with Gasteiger partial charge in [0.2, 0.25) is 5.91 Å². The molecular weight excluding hydrogens is 387 g/mol. The standard InChI is InChI=1S/C19H13FN2O5S/c20-12-7-5-11(6-8-12)9-15-17(24)22(19(27)28-15)10-16(23)21-14-4-2-1-3-13(14)18(25)26/h1-9H,10H2,(H,21,23)(H,25,26)/b15-9-. The van der Waals surface area contributed by atoms with Crippen LogP contribution in [0.3, 0.4) is 0 Å². The van der Waals surface area contributed by atoms with Crippen molar-refractivity contribution in [2.24, 2.45) is 0 Å². The molecule has 0 aromatic heterocycles. The first-order valence-corrected chi connectivity index (χ1v) is 8.80. The highest BCUT2D eigenvalue weighted by Gasteiger charge is 2.36. The average Bonchev–Trinajstić information content (AvgIpc) is 2.91. The number of carboxylic acid groups (broad SMARTS) is 1. The molecule has 0 bridgehead atoms. The molecule has 0 radical (unpaired) electrons. The summed E-state index contributed by atoms with van der Waals surface area (Å²) >= 11 is 0.668. The number of benzene rings is 2. The SMILES string of the molecule is O=C(CN1C(=O)S/C(=C\c2ccc(F)cc2)C1=O)Nc1ccccc1C(=O)O. The Labute approximate surface area is 162 Å². The Balaban J connectivity index is 1.71. The summed E-state index contributed by atoms with van der Waals surface area (Å²) < 4.78 is 13.0. The fraction of sp³-hybridized carbons (Fsp3) is 0.0526. The second-order valence-electron chi connectivity index (χ2n) is 5.72. The van der Waals surface area contributed by atoms with Crippen molar-refractivity contribution >= 4 is 46.5 Å². The van der Waals surface area contributed by atoms with Gasteiger partial charge in [-0.15, -0.1) is 0 Å². The fourth-order valence-corrected chi connectivity index (χ4v) is 3.30. The molecule has 0 saturated carbocycles. The van der Waals surface area contributed by atoms with Crippen molar-refractivity contribution in [1.29, 1.82) is 0 Å². The number of anilines is 1. The van der Waals surface area contributed by atoms with Gasteiger partial charge in [-0.3, -0.25) is 19.3 Å². The monoisotopic (exact) mass is 400 g/mol. The van der Waals surface area contributed by atoms with Crippen molar-refractivity contribution in [3.05, 3.63) is 70.4 Å². The lowest BCUT2D eigenvalue weighted by molar-refractivity contribution is -0.127. The maximum atomic E-state index is 13.0. The van der Waals surface area contributed by atoms with Gasteiger partial charge in [0.05, 0.1) is 16.2 Å². The number of nitrogens with one attached hydrogen (secondary N) is 1. The van der Waals surface area contributed by atoms with E-state index < -0.39 is 35.4 Å². The first kappa shape index (κ1) is 19.3. The second kappa shape index (κ2) is 8.05. The zero-order valence-corrected chi connectivity index (χ0v) is 15.0. The summed E-state index contributed by atoms with van der Waals surface area (Å²) in [7, 11) is 0. The van der Waals surface area contributed by atoms with Crippen LogP contribution in [0.4, 0.5) is 14.9 Å². The Morgan fingerprint density at radius 3 is 2.46 bits per heavy atom. The number of hydrogen-bond acceptors (Lipinski definition) is 5. The third kappa shape index (κ3) is 4.26. The van der Waals surface area contributed by atoms with E-state index in [-0.39, 0.29) is 16.2 Å². The Kier molecular flexibility index (Phi) is 5.55. The Hall–Kier alpha value is -3.46. The molecule has 1 fully saturated rings. The van der Waals surface area contributed by atoms with Crippen LogP contribution in [0.2, 0.25) is 0 Å². The molecule has 3 amide bonds. The topological polar surface area (TPSA) is 104 Å². The van der Waals surface area contributed by atoms with E-state index in [1.165, 1.54) is 48.5 Å². The molecule has 1 aliphatic heterocycles. The summed E-state index contributed by atoms with van der Waals surface area (Å²) in [5.74, 6) is -3.01. The molecule has 7 nitrogen and oxygen atoms in total. The van der Waals surface area contributed by atoms with E-state index in [0.717, 1.165) is 4.90 Å². The normalized spacial score (nSPS) is 15.2. The number of amides is 3. The number of aromatic carboxylic acids is 1. The summed E-state index contributed by atoms with van der Waals surface area (Å²) in [5, 5.41) is 10.9. The molecule has 0 atom stereocenters. The second-order valence-corrected chi connectivity index (χ2v) is 6.71. The number of carboxylic acids is 1. The van der Waals surface area contributed by atoms with Crippen molar-refractivity contribution in [1.82, 2.24) is 4.90 Å². The minimum absolute atomic E-state index is 0.0637. The lowest BCUT2D eigenvalue weighted by atomic mass is 10.2. The van der Waals surface area contributed by atoms with Gasteiger partial charge in [-0.1, -0.05) is 24.3 Å². The number of para-hydroxylation sites is 1. The van der Waals surface area contributed by atoms with Crippen LogP contribution in [0.1, 0.15) is 15.9 Å². The highest BCUT2D eigenvalue weighted by Crippen LogP contribution is 2.32. The summed E-state index contributed by atoms with van der Waals surface area (Å²) in [6, 6.07) is 11.2. The van der Waals surface area contributed by atoms with Crippen molar-refractivity contribution < 1.29 is 28.7 Å². The molecule has 0 unspecified atom stereocenters.